The van der Waals surface area contributed by atoms with Crippen molar-refractivity contribution in [3.63, 3.8) is 0 Å². The third kappa shape index (κ3) is 3.05. The van der Waals surface area contributed by atoms with Gasteiger partial charge in [-0.2, -0.15) is 0 Å². The minimum atomic E-state index is -0.331. The maximum Gasteiger partial charge on any atom is 0.290 e. The van der Waals surface area contributed by atoms with E-state index in [-0.39, 0.29) is 17.1 Å². The third-order valence-corrected chi connectivity index (χ3v) is 2.66. The van der Waals surface area contributed by atoms with Gasteiger partial charge in [-0.25, -0.2) is 0 Å². The molecule has 0 aromatic heterocycles. The number of nitrogens with zero attached hydrogens (tertiary/aromatic N) is 1. The molecular weight excluding hydrogens is 210 g/mol. The van der Waals surface area contributed by atoms with Crippen LogP contribution in [0.2, 0.25) is 0 Å². The average molecular weight is 223 g/mol. The first-order valence-corrected chi connectivity index (χ1v) is 5.01. The minimum Gasteiger partial charge on any atom is -0.483 e. The first-order chi connectivity index (χ1) is 7.69. The van der Waals surface area contributed by atoms with E-state index in [0.717, 1.165) is 5.56 Å². The van der Waals surface area contributed by atoms with Crippen LogP contribution < -0.4 is 0 Å². The van der Waals surface area contributed by atoms with Crippen LogP contribution in [0, 0.1) is 10.1 Å². The van der Waals surface area contributed by atoms with Crippen molar-refractivity contribution in [3.05, 3.63) is 39.9 Å². The summed E-state index contributed by atoms with van der Waals surface area (Å²) < 4.78 is 0. The molecule has 0 atom stereocenters. The topological polar surface area (TPSA) is 80.4 Å². The second-order valence-corrected chi connectivity index (χ2v) is 3.59. The molecule has 1 aromatic rings. The average Bonchev–Trinajstić information content (AvgIpc) is 2.16. The lowest BCUT2D eigenvalue weighted by molar-refractivity contribution is -0.384. The highest BCUT2D eigenvalue weighted by molar-refractivity contribution is 5.36. The van der Waals surface area contributed by atoms with Crippen LogP contribution in [0.4, 0.5) is 5.69 Å². The number of nitro benzene ring substituents is 1. The molecule has 5 nitrogen and oxygen atoms in total. The number of carboxylic acid groups (broad SMARTS) is 1. The number of non-ortho nitro benzene ring substituents is 1. The highest BCUT2D eigenvalue weighted by Crippen LogP contribution is 2.37. The van der Waals surface area contributed by atoms with Crippen LogP contribution >= 0.6 is 0 Å². The van der Waals surface area contributed by atoms with Crippen molar-refractivity contribution in [2.24, 2.45) is 0 Å². The molecule has 86 valence electrons. The van der Waals surface area contributed by atoms with Gasteiger partial charge in [0.2, 0.25) is 0 Å². The van der Waals surface area contributed by atoms with Crippen LogP contribution in [0.5, 0.6) is 0 Å². The number of hydrogen-bond donors (Lipinski definition) is 1. The summed E-state index contributed by atoms with van der Waals surface area (Å²) in [7, 11) is 0. The molecule has 1 N–H and O–H groups in total. The molecule has 0 unspecified atom stereocenters. The van der Waals surface area contributed by atoms with E-state index in [2.05, 4.69) is 0 Å². The lowest BCUT2D eigenvalue weighted by Crippen LogP contribution is -2.08. The molecule has 0 bridgehead atoms. The van der Waals surface area contributed by atoms with E-state index in [1.807, 2.05) is 6.07 Å². The van der Waals surface area contributed by atoms with Crippen molar-refractivity contribution in [1.29, 1.82) is 0 Å². The van der Waals surface area contributed by atoms with Gasteiger partial charge in [-0.05, 0) is 24.3 Å². The highest BCUT2D eigenvalue weighted by Gasteiger charge is 2.20. The van der Waals surface area contributed by atoms with Crippen molar-refractivity contribution >= 4 is 12.2 Å². The van der Waals surface area contributed by atoms with Crippen LogP contribution in [-0.2, 0) is 4.79 Å². The first-order valence-electron chi connectivity index (χ1n) is 5.01. The Kier molecular flexibility index (Phi) is 4.44. The van der Waals surface area contributed by atoms with E-state index in [1.54, 1.807) is 18.2 Å². The molecule has 0 radical (unpaired) electrons. The second kappa shape index (κ2) is 5.85. The Morgan fingerprint density at radius 3 is 2.50 bits per heavy atom. The molecule has 1 aliphatic carbocycles. The zero-order valence-corrected chi connectivity index (χ0v) is 8.70. The summed E-state index contributed by atoms with van der Waals surface area (Å²) in [5.74, 6) is 0.569. The first kappa shape index (κ1) is 12.2. The summed E-state index contributed by atoms with van der Waals surface area (Å²) >= 11 is 0. The molecule has 1 aliphatic rings. The Morgan fingerprint density at radius 2 is 2.06 bits per heavy atom. The van der Waals surface area contributed by atoms with E-state index in [9.17, 15) is 10.1 Å². The van der Waals surface area contributed by atoms with Gasteiger partial charge in [0.25, 0.3) is 12.2 Å². The summed E-state index contributed by atoms with van der Waals surface area (Å²) in [4.78, 5) is 18.5. The fraction of sp³-hybridized carbons (Fsp3) is 0.364. The predicted molar refractivity (Wildman–Crippen MR) is 58.4 cm³/mol. The van der Waals surface area contributed by atoms with Crippen molar-refractivity contribution < 1.29 is 14.8 Å². The standard InChI is InChI=1S/C10H11NO2.CH2O2/c12-11(13)10-6-2-5-9(7-10)8-3-1-4-8;2-1-3/h2,5-8H,1,3-4H2;1H,(H,2,3). The van der Waals surface area contributed by atoms with E-state index in [4.69, 9.17) is 9.90 Å². The van der Waals surface area contributed by atoms with Crippen molar-refractivity contribution in [2.45, 2.75) is 25.2 Å². The summed E-state index contributed by atoms with van der Waals surface area (Å²) in [6.45, 7) is -0.250. The molecule has 0 amide bonds. The van der Waals surface area contributed by atoms with E-state index >= 15 is 0 Å². The van der Waals surface area contributed by atoms with Crippen LogP contribution in [-0.4, -0.2) is 16.5 Å². The Bertz CT molecular complexity index is 374. The number of benzene rings is 1. The molecule has 0 saturated heterocycles. The normalized spacial score (nSPS) is 14.2. The van der Waals surface area contributed by atoms with Gasteiger partial charge in [-0.3, -0.25) is 14.9 Å². The second-order valence-electron chi connectivity index (χ2n) is 3.59. The summed E-state index contributed by atoms with van der Waals surface area (Å²) in [5.41, 5.74) is 1.34. The Balaban J connectivity index is 0.000000386. The van der Waals surface area contributed by atoms with E-state index < -0.39 is 0 Å². The molecular formula is C11H13NO4. The maximum absolute atomic E-state index is 10.5. The molecule has 16 heavy (non-hydrogen) atoms. The molecule has 1 saturated carbocycles. The van der Waals surface area contributed by atoms with Crippen LogP contribution in [0.15, 0.2) is 24.3 Å². The van der Waals surface area contributed by atoms with Gasteiger partial charge >= 0.3 is 0 Å². The molecule has 0 aliphatic heterocycles. The Labute approximate surface area is 92.9 Å². The number of carbonyl (C=O) groups is 1. The van der Waals surface area contributed by atoms with Crippen LogP contribution in [0.25, 0.3) is 0 Å². The van der Waals surface area contributed by atoms with Gasteiger partial charge in [0.15, 0.2) is 0 Å². The van der Waals surface area contributed by atoms with Crippen molar-refractivity contribution in [1.82, 2.24) is 0 Å². The molecule has 1 aromatic carbocycles. The minimum absolute atomic E-state index is 0.212. The van der Waals surface area contributed by atoms with Crippen LogP contribution in [0.1, 0.15) is 30.7 Å². The number of hydrogen-bond acceptors (Lipinski definition) is 3. The molecule has 2 rings (SSSR count). The van der Waals surface area contributed by atoms with E-state index in [0.29, 0.717) is 5.92 Å². The van der Waals surface area contributed by atoms with Gasteiger partial charge in [0.05, 0.1) is 4.92 Å². The van der Waals surface area contributed by atoms with Crippen molar-refractivity contribution in [2.75, 3.05) is 0 Å². The van der Waals surface area contributed by atoms with Gasteiger partial charge in [0.1, 0.15) is 0 Å². The van der Waals surface area contributed by atoms with Gasteiger partial charge in [-0.1, -0.05) is 18.6 Å². The van der Waals surface area contributed by atoms with Gasteiger partial charge in [0, 0.05) is 12.1 Å². The van der Waals surface area contributed by atoms with Crippen molar-refractivity contribution in [3.8, 4) is 0 Å². The zero-order chi connectivity index (χ0) is 12.0. The quantitative estimate of drug-likeness (QED) is 0.474. The fourth-order valence-electron chi connectivity index (χ4n) is 1.63. The largest absolute Gasteiger partial charge is 0.483 e. The summed E-state index contributed by atoms with van der Waals surface area (Å²) in [6.07, 6.45) is 3.62. The lowest BCUT2D eigenvalue weighted by Gasteiger charge is -2.25. The molecule has 1 fully saturated rings. The zero-order valence-electron chi connectivity index (χ0n) is 8.70. The molecule has 5 heteroatoms. The Morgan fingerprint density at radius 1 is 1.44 bits per heavy atom. The fourth-order valence-corrected chi connectivity index (χ4v) is 1.63. The number of nitro groups is 1. The maximum atomic E-state index is 10.5. The van der Waals surface area contributed by atoms with E-state index in [1.165, 1.54) is 19.3 Å². The van der Waals surface area contributed by atoms with Gasteiger partial charge in [-0.15, -0.1) is 0 Å². The smallest absolute Gasteiger partial charge is 0.290 e. The third-order valence-electron chi connectivity index (χ3n) is 2.66. The van der Waals surface area contributed by atoms with Crippen LogP contribution in [0.3, 0.4) is 0 Å². The summed E-state index contributed by atoms with van der Waals surface area (Å²) in [5, 5.41) is 17.4. The number of rotatable bonds is 2. The molecule has 0 heterocycles. The SMILES string of the molecule is O=CO.O=[N+]([O-])c1cccc(C2CCC2)c1. The lowest BCUT2D eigenvalue weighted by atomic mass is 9.80. The Hall–Kier alpha value is -1.91. The highest BCUT2D eigenvalue weighted by atomic mass is 16.6. The van der Waals surface area contributed by atoms with Gasteiger partial charge < -0.3 is 5.11 Å². The monoisotopic (exact) mass is 223 g/mol. The predicted octanol–water partition coefficient (Wildman–Crippen LogP) is 2.56. The summed E-state index contributed by atoms with van der Waals surface area (Å²) in [6, 6.07) is 6.99. The molecule has 0 spiro atoms.